The van der Waals surface area contributed by atoms with E-state index in [0.29, 0.717) is 0 Å². The van der Waals surface area contributed by atoms with Crippen LogP contribution in [0.4, 0.5) is 0 Å². The number of halogens is 1. The smallest absolute Gasteiger partial charge is 0.211 e. The standard InChI is InChI=1S/C6H6INO/c1-4-2-6(9)8-3-5(4)7/h2-3H,1H3,(H,8,9). The zero-order valence-electron chi connectivity index (χ0n) is 4.93. The molecule has 0 aliphatic carbocycles. The number of aromatic nitrogens is 1. The molecule has 1 N–H and O–H groups in total. The molecule has 1 heterocycles. The molecule has 0 bridgehead atoms. The van der Waals surface area contributed by atoms with Crippen molar-refractivity contribution in [3.63, 3.8) is 0 Å². The van der Waals surface area contributed by atoms with Gasteiger partial charge in [0.1, 0.15) is 0 Å². The summed E-state index contributed by atoms with van der Waals surface area (Å²) in [5, 5.41) is 8.82. The van der Waals surface area contributed by atoms with Crippen LogP contribution in [0.1, 0.15) is 5.56 Å². The normalized spacial score (nSPS) is 9.56. The minimum atomic E-state index is 0.0907. The highest BCUT2D eigenvalue weighted by atomic mass is 127. The van der Waals surface area contributed by atoms with Gasteiger partial charge in [-0.1, -0.05) is 0 Å². The maximum absolute atomic E-state index is 8.82. The van der Waals surface area contributed by atoms with Crippen molar-refractivity contribution in [3.05, 3.63) is 21.4 Å². The van der Waals surface area contributed by atoms with Crippen molar-refractivity contribution in [1.82, 2.24) is 4.98 Å². The fourth-order valence-electron chi connectivity index (χ4n) is 0.524. The SMILES string of the molecule is Cc1cc(O)ncc1I. The molecule has 0 radical (unpaired) electrons. The third kappa shape index (κ3) is 1.54. The molecular formula is C6H6INO. The second-order valence-corrected chi connectivity index (χ2v) is 2.95. The summed E-state index contributed by atoms with van der Waals surface area (Å²) in [6.45, 7) is 1.93. The van der Waals surface area contributed by atoms with Gasteiger partial charge in [-0.3, -0.25) is 0 Å². The second kappa shape index (κ2) is 2.51. The lowest BCUT2D eigenvalue weighted by atomic mass is 10.3. The number of hydrogen-bond acceptors (Lipinski definition) is 2. The van der Waals surface area contributed by atoms with Crippen molar-refractivity contribution < 1.29 is 5.11 Å². The van der Waals surface area contributed by atoms with E-state index in [4.69, 9.17) is 5.11 Å². The second-order valence-electron chi connectivity index (χ2n) is 1.79. The van der Waals surface area contributed by atoms with Gasteiger partial charge >= 0.3 is 0 Å². The number of aryl methyl sites for hydroxylation is 1. The first-order valence-corrected chi connectivity index (χ1v) is 3.59. The summed E-state index contributed by atoms with van der Waals surface area (Å²) in [6.07, 6.45) is 1.64. The van der Waals surface area contributed by atoms with Gasteiger partial charge < -0.3 is 5.11 Å². The van der Waals surface area contributed by atoms with Crippen LogP contribution in [-0.4, -0.2) is 10.1 Å². The van der Waals surface area contributed by atoms with Gasteiger partial charge in [0.2, 0.25) is 5.88 Å². The van der Waals surface area contributed by atoms with Gasteiger partial charge in [0.25, 0.3) is 0 Å². The van der Waals surface area contributed by atoms with E-state index in [-0.39, 0.29) is 5.88 Å². The Hall–Kier alpha value is -0.320. The first kappa shape index (κ1) is 6.80. The molecule has 0 fully saturated rings. The minimum Gasteiger partial charge on any atom is -0.493 e. The fraction of sp³-hybridized carbons (Fsp3) is 0.167. The number of hydrogen-bond donors (Lipinski definition) is 1. The van der Waals surface area contributed by atoms with Gasteiger partial charge in [0, 0.05) is 15.8 Å². The molecule has 0 atom stereocenters. The molecule has 1 aromatic heterocycles. The molecule has 0 saturated heterocycles. The zero-order chi connectivity index (χ0) is 6.85. The number of nitrogens with zero attached hydrogens (tertiary/aromatic N) is 1. The van der Waals surface area contributed by atoms with Crippen LogP contribution in [0.15, 0.2) is 12.3 Å². The minimum absolute atomic E-state index is 0.0907. The summed E-state index contributed by atoms with van der Waals surface area (Å²) in [4.78, 5) is 3.69. The largest absolute Gasteiger partial charge is 0.493 e. The van der Waals surface area contributed by atoms with Gasteiger partial charge in [-0.25, -0.2) is 4.98 Å². The van der Waals surface area contributed by atoms with E-state index in [1.165, 1.54) is 0 Å². The van der Waals surface area contributed by atoms with Gasteiger partial charge in [-0.2, -0.15) is 0 Å². The lowest BCUT2D eigenvalue weighted by Gasteiger charge is -1.94. The van der Waals surface area contributed by atoms with Crippen molar-refractivity contribution >= 4 is 22.6 Å². The lowest BCUT2D eigenvalue weighted by molar-refractivity contribution is 0.452. The van der Waals surface area contributed by atoms with Gasteiger partial charge in [-0.05, 0) is 35.1 Å². The van der Waals surface area contributed by atoms with E-state index in [2.05, 4.69) is 27.6 Å². The molecule has 0 aliphatic rings. The molecule has 0 aromatic carbocycles. The quantitative estimate of drug-likeness (QED) is 0.694. The van der Waals surface area contributed by atoms with Gasteiger partial charge in [-0.15, -0.1) is 0 Å². The maximum atomic E-state index is 8.82. The van der Waals surface area contributed by atoms with Gasteiger partial charge in [0.05, 0.1) is 0 Å². The average molecular weight is 235 g/mol. The molecule has 0 spiro atoms. The van der Waals surface area contributed by atoms with E-state index in [1.807, 2.05) is 6.92 Å². The van der Waals surface area contributed by atoms with Crippen LogP contribution in [0, 0.1) is 10.5 Å². The third-order valence-corrected chi connectivity index (χ3v) is 2.16. The molecule has 1 rings (SSSR count). The van der Waals surface area contributed by atoms with Crippen molar-refractivity contribution in [2.45, 2.75) is 6.92 Å². The van der Waals surface area contributed by atoms with E-state index in [1.54, 1.807) is 12.3 Å². The van der Waals surface area contributed by atoms with Crippen LogP contribution in [0.5, 0.6) is 5.88 Å². The first-order chi connectivity index (χ1) is 4.20. The molecule has 3 heteroatoms. The summed E-state index contributed by atoms with van der Waals surface area (Å²) in [5.41, 5.74) is 1.06. The number of aromatic hydroxyl groups is 1. The van der Waals surface area contributed by atoms with Crippen LogP contribution >= 0.6 is 22.6 Å². The lowest BCUT2D eigenvalue weighted by Crippen LogP contribution is -1.81. The summed E-state index contributed by atoms with van der Waals surface area (Å²) in [7, 11) is 0. The maximum Gasteiger partial charge on any atom is 0.211 e. The molecule has 1 aromatic rings. The van der Waals surface area contributed by atoms with Crippen molar-refractivity contribution in [3.8, 4) is 5.88 Å². The highest BCUT2D eigenvalue weighted by molar-refractivity contribution is 14.1. The number of pyridine rings is 1. The van der Waals surface area contributed by atoms with Crippen molar-refractivity contribution in [1.29, 1.82) is 0 Å². The van der Waals surface area contributed by atoms with E-state index in [0.717, 1.165) is 9.13 Å². The van der Waals surface area contributed by atoms with Crippen LogP contribution < -0.4 is 0 Å². The van der Waals surface area contributed by atoms with Crippen LogP contribution in [0.2, 0.25) is 0 Å². The highest BCUT2D eigenvalue weighted by Gasteiger charge is 1.93. The third-order valence-electron chi connectivity index (χ3n) is 1.03. The zero-order valence-corrected chi connectivity index (χ0v) is 7.08. The molecule has 48 valence electrons. The molecule has 9 heavy (non-hydrogen) atoms. The Kier molecular flexibility index (Phi) is 1.90. The summed E-state index contributed by atoms with van der Waals surface area (Å²) >= 11 is 2.17. The average Bonchev–Trinajstić information content (AvgIpc) is 1.80. The summed E-state index contributed by atoms with van der Waals surface area (Å²) in [6, 6.07) is 1.64. The molecule has 0 unspecified atom stereocenters. The Bertz CT molecular complexity index is 224. The first-order valence-electron chi connectivity index (χ1n) is 2.51. The molecule has 0 saturated carbocycles. The number of rotatable bonds is 0. The Balaban J connectivity index is 3.17. The highest BCUT2D eigenvalue weighted by Crippen LogP contribution is 2.13. The fourth-order valence-corrected chi connectivity index (χ4v) is 0.819. The predicted octanol–water partition coefficient (Wildman–Crippen LogP) is 1.70. The van der Waals surface area contributed by atoms with Crippen LogP contribution in [0.25, 0.3) is 0 Å². The van der Waals surface area contributed by atoms with Crippen LogP contribution in [0.3, 0.4) is 0 Å². The Labute approximate surface area is 67.1 Å². The van der Waals surface area contributed by atoms with Crippen molar-refractivity contribution in [2.24, 2.45) is 0 Å². The Morgan fingerprint density at radius 2 is 2.33 bits per heavy atom. The Morgan fingerprint density at radius 1 is 1.67 bits per heavy atom. The summed E-state index contributed by atoms with van der Waals surface area (Å²) < 4.78 is 1.07. The molecular weight excluding hydrogens is 229 g/mol. The molecule has 2 nitrogen and oxygen atoms in total. The van der Waals surface area contributed by atoms with E-state index in [9.17, 15) is 0 Å². The summed E-state index contributed by atoms with van der Waals surface area (Å²) in [5.74, 6) is 0.0907. The topological polar surface area (TPSA) is 33.1 Å². The molecule has 0 aliphatic heterocycles. The monoisotopic (exact) mass is 235 g/mol. The van der Waals surface area contributed by atoms with E-state index < -0.39 is 0 Å². The van der Waals surface area contributed by atoms with Crippen LogP contribution in [-0.2, 0) is 0 Å². The predicted molar refractivity (Wildman–Crippen MR) is 43.4 cm³/mol. The van der Waals surface area contributed by atoms with Crippen molar-refractivity contribution in [2.75, 3.05) is 0 Å². The van der Waals surface area contributed by atoms with E-state index >= 15 is 0 Å². The van der Waals surface area contributed by atoms with Gasteiger partial charge in [0.15, 0.2) is 0 Å². The Morgan fingerprint density at radius 3 is 2.78 bits per heavy atom. The molecule has 0 amide bonds.